The average Bonchev–Trinajstić information content (AvgIpc) is 2.57. The standard InChI is InChI=1S/C20H32FN3O4S/c1-13-16(11-22)14(2)18(15(3)17(13)12-29(21,26)27)23-7-9-24(10-8-23)19(25)28-20(4,5)6/h7-12,22H2,1-6H3. The minimum atomic E-state index is -4.67. The summed E-state index contributed by atoms with van der Waals surface area (Å²) in [6.07, 6.45) is -0.346. The fourth-order valence-electron chi connectivity index (χ4n) is 3.92. The highest BCUT2D eigenvalue weighted by atomic mass is 32.3. The molecule has 0 aliphatic carbocycles. The quantitative estimate of drug-likeness (QED) is 0.740. The molecule has 164 valence electrons. The molecule has 0 atom stereocenters. The van der Waals surface area contributed by atoms with Gasteiger partial charge in [-0.15, -0.1) is 3.89 Å². The number of benzene rings is 1. The molecule has 0 unspecified atom stereocenters. The molecule has 1 aromatic carbocycles. The minimum Gasteiger partial charge on any atom is -0.444 e. The number of carbonyl (C=O) groups is 1. The zero-order chi connectivity index (χ0) is 22.1. The maximum Gasteiger partial charge on any atom is 0.410 e. The van der Waals surface area contributed by atoms with E-state index in [0.29, 0.717) is 31.7 Å². The van der Waals surface area contributed by atoms with Crippen molar-refractivity contribution in [2.75, 3.05) is 31.1 Å². The largest absolute Gasteiger partial charge is 0.444 e. The highest BCUT2D eigenvalue weighted by molar-refractivity contribution is 7.85. The van der Waals surface area contributed by atoms with Gasteiger partial charge in [0.1, 0.15) is 11.4 Å². The third-order valence-corrected chi connectivity index (χ3v) is 5.92. The molecule has 1 aromatic rings. The lowest BCUT2D eigenvalue weighted by molar-refractivity contribution is 0.0240. The smallest absolute Gasteiger partial charge is 0.410 e. The molecule has 0 aromatic heterocycles. The highest BCUT2D eigenvalue weighted by Crippen LogP contribution is 2.35. The van der Waals surface area contributed by atoms with Crippen molar-refractivity contribution in [3.05, 3.63) is 27.8 Å². The summed E-state index contributed by atoms with van der Waals surface area (Å²) in [6.45, 7) is 13.4. The molecule has 0 bridgehead atoms. The molecule has 1 aliphatic rings. The van der Waals surface area contributed by atoms with Gasteiger partial charge in [0.05, 0.1) is 0 Å². The van der Waals surface area contributed by atoms with Crippen LogP contribution in [0.2, 0.25) is 0 Å². The molecule has 1 heterocycles. The van der Waals surface area contributed by atoms with Gasteiger partial charge in [0.2, 0.25) is 0 Å². The lowest BCUT2D eigenvalue weighted by Gasteiger charge is -2.39. The van der Waals surface area contributed by atoms with Crippen LogP contribution >= 0.6 is 0 Å². The van der Waals surface area contributed by atoms with Gasteiger partial charge in [0, 0.05) is 38.4 Å². The summed E-state index contributed by atoms with van der Waals surface area (Å²) in [4.78, 5) is 16.1. The Hall–Kier alpha value is -1.87. The second-order valence-corrected chi connectivity index (χ2v) is 9.89. The summed E-state index contributed by atoms with van der Waals surface area (Å²) in [5.41, 5.74) is 9.96. The van der Waals surface area contributed by atoms with Crippen molar-refractivity contribution in [3.8, 4) is 0 Å². The second kappa shape index (κ2) is 8.47. The van der Waals surface area contributed by atoms with E-state index in [9.17, 15) is 17.1 Å². The van der Waals surface area contributed by atoms with Gasteiger partial charge < -0.3 is 20.3 Å². The van der Waals surface area contributed by atoms with Gasteiger partial charge in [-0.1, -0.05) is 0 Å². The summed E-state index contributed by atoms with van der Waals surface area (Å²) in [6, 6.07) is 0. The number of amides is 1. The maximum absolute atomic E-state index is 13.5. The fourth-order valence-corrected chi connectivity index (χ4v) is 4.70. The highest BCUT2D eigenvalue weighted by Gasteiger charge is 2.29. The van der Waals surface area contributed by atoms with E-state index < -0.39 is 21.6 Å². The normalized spacial score (nSPS) is 15.6. The molecule has 0 saturated carbocycles. The number of halogens is 1. The lowest BCUT2D eigenvalue weighted by atomic mass is 9.91. The molecule has 0 spiro atoms. The van der Waals surface area contributed by atoms with E-state index in [1.54, 1.807) is 11.8 Å². The number of hydrogen-bond acceptors (Lipinski definition) is 6. The van der Waals surface area contributed by atoms with Crippen LogP contribution in [0.5, 0.6) is 0 Å². The molecule has 2 N–H and O–H groups in total. The van der Waals surface area contributed by atoms with Crippen LogP contribution in [-0.2, 0) is 27.3 Å². The van der Waals surface area contributed by atoms with E-state index in [1.807, 2.05) is 34.6 Å². The molecular weight excluding hydrogens is 397 g/mol. The van der Waals surface area contributed by atoms with Crippen LogP contribution < -0.4 is 10.6 Å². The first-order valence-corrected chi connectivity index (χ1v) is 11.3. The number of hydrogen-bond donors (Lipinski definition) is 1. The van der Waals surface area contributed by atoms with Crippen LogP contribution in [0.15, 0.2) is 0 Å². The van der Waals surface area contributed by atoms with Gasteiger partial charge in [0.25, 0.3) is 0 Å². The van der Waals surface area contributed by atoms with Crippen molar-refractivity contribution in [1.82, 2.24) is 4.90 Å². The first-order chi connectivity index (χ1) is 13.2. The van der Waals surface area contributed by atoms with Gasteiger partial charge in [-0.25, -0.2) is 4.79 Å². The Labute approximate surface area is 173 Å². The van der Waals surface area contributed by atoms with E-state index in [4.69, 9.17) is 10.5 Å². The van der Waals surface area contributed by atoms with Crippen LogP contribution in [0.25, 0.3) is 0 Å². The van der Waals surface area contributed by atoms with Crippen LogP contribution in [0.4, 0.5) is 14.4 Å². The molecule has 7 nitrogen and oxygen atoms in total. The van der Waals surface area contributed by atoms with E-state index in [2.05, 4.69) is 4.90 Å². The molecule has 0 radical (unpaired) electrons. The molecule has 2 rings (SSSR count). The third kappa shape index (κ3) is 5.60. The first kappa shape index (κ1) is 23.4. The van der Waals surface area contributed by atoms with Crippen molar-refractivity contribution in [1.29, 1.82) is 0 Å². The Balaban J connectivity index is 2.34. The molecule has 1 fully saturated rings. The van der Waals surface area contributed by atoms with Gasteiger partial charge in [-0.3, -0.25) is 0 Å². The SMILES string of the molecule is Cc1c(CN)c(C)c(N2CCN(C(=O)OC(C)(C)C)CC2)c(C)c1CS(=O)(=O)F. The molecule has 29 heavy (non-hydrogen) atoms. The number of nitrogens with zero attached hydrogens (tertiary/aromatic N) is 2. The first-order valence-electron chi connectivity index (χ1n) is 9.72. The summed E-state index contributed by atoms with van der Waals surface area (Å²) >= 11 is 0. The second-order valence-electron chi connectivity index (χ2n) is 8.52. The van der Waals surface area contributed by atoms with Crippen LogP contribution in [0, 0.1) is 20.8 Å². The van der Waals surface area contributed by atoms with Gasteiger partial charge in [0.15, 0.2) is 0 Å². The summed E-state index contributed by atoms with van der Waals surface area (Å²) in [7, 11) is -4.67. The zero-order valence-corrected chi connectivity index (χ0v) is 19.0. The number of ether oxygens (including phenoxy) is 1. The molecule has 1 saturated heterocycles. The van der Waals surface area contributed by atoms with Crippen LogP contribution in [0.3, 0.4) is 0 Å². The fraction of sp³-hybridized carbons (Fsp3) is 0.650. The van der Waals surface area contributed by atoms with E-state index in [-0.39, 0.29) is 12.6 Å². The molecule has 1 amide bonds. The number of nitrogens with two attached hydrogens (primary N) is 1. The number of rotatable bonds is 4. The summed E-state index contributed by atoms with van der Waals surface area (Å²) in [5.74, 6) is -0.664. The van der Waals surface area contributed by atoms with E-state index in [1.165, 1.54) is 0 Å². The number of anilines is 1. The third-order valence-electron chi connectivity index (χ3n) is 5.29. The van der Waals surface area contributed by atoms with Crippen LogP contribution in [0.1, 0.15) is 48.6 Å². The molecular formula is C20H32FN3O4S. The van der Waals surface area contributed by atoms with Gasteiger partial charge >= 0.3 is 16.3 Å². The Bertz CT molecular complexity index is 886. The van der Waals surface area contributed by atoms with Crippen molar-refractivity contribution in [3.63, 3.8) is 0 Å². The Morgan fingerprint density at radius 1 is 1.03 bits per heavy atom. The zero-order valence-electron chi connectivity index (χ0n) is 18.1. The van der Waals surface area contributed by atoms with Crippen molar-refractivity contribution in [2.45, 2.75) is 59.4 Å². The van der Waals surface area contributed by atoms with Gasteiger partial charge in [-0.05, 0) is 69.4 Å². The molecule has 1 aliphatic heterocycles. The van der Waals surface area contributed by atoms with Crippen molar-refractivity contribution < 1.29 is 21.8 Å². The topological polar surface area (TPSA) is 92.9 Å². The monoisotopic (exact) mass is 429 g/mol. The Morgan fingerprint density at radius 2 is 1.55 bits per heavy atom. The maximum atomic E-state index is 13.5. The molecule has 9 heteroatoms. The van der Waals surface area contributed by atoms with E-state index >= 15 is 0 Å². The summed E-state index contributed by atoms with van der Waals surface area (Å²) in [5, 5.41) is 0. The average molecular weight is 430 g/mol. The lowest BCUT2D eigenvalue weighted by Crippen LogP contribution is -2.50. The van der Waals surface area contributed by atoms with Crippen molar-refractivity contribution >= 4 is 22.0 Å². The van der Waals surface area contributed by atoms with Crippen LogP contribution in [-0.4, -0.2) is 51.2 Å². The Kier molecular flexibility index (Phi) is 6.84. The minimum absolute atomic E-state index is 0.238. The predicted molar refractivity (Wildman–Crippen MR) is 112 cm³/mol. The Morgan fingerprint density at radius 3 is 2.00 bits per heavy atom. The van der Waals surface area contributed by atoms with Gasteiger partial charge in [-0.2, -0.15) is 8.42 Å². The predicted octanol–water partition coefficient (Wildman–Crippen LogP) is 2.93. The number of carbonyl (C=O) groups excluding carboxylic acids is 1. The summed E-state index contributed by atoms with van der Waals surface area (Å²) < 4.78 is 41.6. The van der Waals surface area contributed by atoms with Crippen molar-refractivity contribution in [2.24, 2.45) is 5.73 Å². The van der Waals surface area contributed by atoms with E-state index in [0.717, 1.165) is 27.9 Å². The number of piperazine rings is 1.